The predicted octanol–water partition coefficient (Wildman–Crippen LogP) is 2.54. The summed E-state index contributed by atoms with van der Waals surface area (Å²) in [5.41, 5.74) is 7.05. The quantitative estimate of drug-likeness (QED) is 0.815. The summed E-state index contributed by atoms with van der Waals surface area (Å²) in [4.78, 5) is 12.0. The molecule has 1 fully saturated rings. The number of benzene rings is 1. The minimum atomic E-state index is -0.149. The van der Waals surface area contributed by atoms with E-state index in [1.807, 2.05) is 6.92 Å². The molecule has 0 radical (unpaired) electrons. The third-order valence-electron chi connectivity index (χ3n) is 3.45. The number of carbonyl (C=O) groups excluding carboxylic acids is 1. The molecule has 1 amide bonds. The Bertz CT molecular complexity index is 599. The van der Waals surface area contributed by atoms with Crippen LogP contribution in [-0.4, -0.2) is 11.9 Å². The number of nitrogen functional groups attached to an aromatic ring is 1. The van der Waals surface area contributed by atoms with Gasteiger partial charge in [-0.05, 0) is 49.9 Å². The van der Waals surface area contributed by atoms with Crippen LogP contribution < -0.4 is 11.1 Å². The third kappa shape index (κ3) is 2.06. The zero-order valence-electron chi connectivity index (χ0n) is 10.3. The Hall–Kier alpha value is -1.97. The summed E-state index contributed by atoms with van der Waals surface area (Å²) in [6.45, 7) is 2.04. The van der Waals surface area contributed by atoms with Crippen molar-refractivity contribution in [3.8, 4) is 0 Å². The second kappa shape index (κ2) is 4.05. The Kier molecular flexibility index (Phi) is 2.51. The molecule has 0 bridgehead atoms. The first-order valence-corrected chi connectivity index (χ1v) is 6.23. The average molecular weight is 244 g/mol. The summed E-state index contributed by atoms with van der Waals surface area (Å²) in [6.07, 6.45) is 2.41. The molecule has 1 atom stereocenters. The van der Waals surface area contributed by atoms with E-state index in [2.05, 4.69) is 5.32 Å². The molecule has 3 rings (SSSR count). The van der Waals surface area contributed by atoms with Gasteiger partial charge in [0.15, 0.2) is 5.76 Å². The summed E-state index contributed by atoms with van der Waals surface area (Å²) in [5.74, 6) is 0.834. The zero-order valence-corrected chi connectivity index (χ0v) is 10.3. The third-order valence-corrected chi connectivity index (χ3v) is 3.45. The number of hydrogen-bond donors (Lipinski definition) is 2. The molecule has 0 spiro atoms. The minimum Gasteiger partial charge on any atom is -0.451 e. The van der Waals surface area contributed by atoms with Crippen LogP contribution in [0.15, 0.2) is 28.7 Å². The molecule has 1 unspecified atom stereocenters. The molecule has 4 heteroatoms. The zero-order chi connectivity index (χ0) is 12.7. The standard InChI is InChI=1S/C14H16N2O2/c1-8(9-2-3-9)16-14(17)13-7-10-6-11(15)4-5-12(10)18-13/h4-9H,2-3,15H2,1H3,(H,16,17). The van der Waals surface area contributed by atoms with E-state index < -0.39 is 0 Å². The van der Waals surface area contributed by atoms with Gasteiger partial charge in [-0.25, -0.2) is 0 Å². The van der Waals surface area contributed by atoms with Crippen molar-refractivity contribution in [1.82, 2.24) is 5.32 Å². The number of hydrogen-bond acceptors (Lipinski definition) is 3. The fourth-order valence-electron chi connectivity index (χ4n) is 2.17. The van der Waals surface area contributed by atoms with E-state index in [-0.39, 0.29) is 11.9 Å². The average Bonchev–Trinajstić information content (AvgIpc) is 3.09. The first-order valence-electron chi connectivity index (χ1n) is 6.23. The molecule has 4 nitrogen and oxygen atoms in total. The number of rotatable bonds is 3. The van der Waals surface area contributed by atoms with Crippen molar-refractivity contribution in [3.63, 3.8) is 0 Å². The van der Waals surface area contributed by atoms with Gasteiger partial charge in [0.2, 0.25) is 0 Å². The summed E-state index contributed by atoms with van der Waals surface area (Å²) in [5, 5.41) is 3.83. The fourth-order valence-corrected chi connectivity index (χ4v) is 2.17. The Morgan fingerprint density at radius 3 is 2.94 bits per heavy atom. The number of carbonyl (C=O) groups is 1. The highest BCUT2D eigenvalue weighted by atomic mass is 16.3. The smallest absolute Gasteiger partial charge is 0.287 e. The molecule has 0 saturated heterocycles. The highest BCUT2D eigenvalue weighted by Crippen LogP contribution is 2.32. The normalized spacial score (nSPS) is 16.7. The fraction of sp³-hybridized carbons (Fsp3) is 0.357. The van der Waals surface area contributed by atoms with Gasteiger partial charge in [-0.2, -0.15) is 0 Å². The van der Waals surface area contributed by atoms with Crippen LogP contribution in [0.3, 0.4) is 0 Å². The van der Waals surface area contributed by atoms with Gasteiger partial charge in [-0.3, -0.25) is 4.79 Å². The van der Waals surface area contributed by atoms with Crippen molar-refractivity contribution >= 4 is 22.6 Å². The Morgan fingerprint density at radius 2 is 2.22 bits per heavy atom. The van der Waals surface area contributed by atoms with Crippen LogP contribution >= 0.6 is 0 Å². The molecule has 1 aromatic carbocycles. The number of anilines is 1. The first-order chi connectivity index (χ1) is 8.63. The van der Waals surface area contributed by atoms with Crippen molar-refractivity contribution < 1.29 is 9.21 Å². The van der Waals surface area contributed by atoms with Crippen LogP contribution in [0.4, 0.5) is 5.69 Å². The summed E-state index contributed by atoms with van der Waals surface area (Å²) in [7, 11) is 0. The van der Waals surface area contributed by atoms with Crippen molar-refractivity contribution in [1.29, 1.82) is 0 Å². The van der Waals surface area contributed by atoms with Crippen LogP contribution in [0.1, 0.15) is 30.3 Å². The SMILES string of the molecule is CC(NC(=O)c1cc2cc(N)ccc2o1)C1CC1. The van der Waals surface area contributed by atoms with Crippen molar-refractivity contribution in [2.45, 2.75) is 25.8 Å². The highest BCUT2D eigenvalue weighted by Gasteiger charge is 2.29. The maximum atomic E-state index is 12.0. The molecule has 1 saturated carbocycles. The Labute approximate surface area is 105 Å². The maximum absolute atomic E-state index is 12.0. The topological polar surface area (TPSA) is 68.3 Å². The number of nitrogens with two attached hydrogens (primary N) is 1. The van der Waals surface area contributed by atoms with Gasteiger partial charge in [0, 0.05) is 17.1 Å². The van der Waals surface area contributed by atoms with Gasteiger partial charge in [0.25, 0.3) is 5.91 Å². The summed E-state index contributed by atoms with van der Waals surface area (Å²) >= 11 is 0. The lowest BCUT2D eigenvalue weighted by molar-refractivity contribution is 0.0910. The molecule has 2 aromatic rings. The van der Waals surface area contributed by atoms with Crippen LogP contribution in [0.25, 0.3) is 11.0 Å². The van der Waals surface area contributed by atoms with Crippen LogP contribution in [0.5, 0.6) is 0 Å². The van der Waals surface area contributed by atoms with E-state index >= 15 is 0 Å². The molecular weight excluding hydrogens is 228 g/mol. The van der Waals surface area contributed by atoms with Crippen molar-refractivity contribution in [2.75, 3.05) is 5.73 Å². The minimum absolute atomic E-state index is 0.149. The van der Waals surface area contributed by atoms with Gasteiger partial charge >= 0.3 is 0 Å². The maximum Gasteiger partial charge on any atom is 0.287 e. The molecule has 1 heterocycles. The monoisotopic (exact) mass is 244 g/mol. The lowest BCUT2D eigenvalue weighted by Gasteiger charge is -2.10. The lowest BCUT2D eigenvalue weighted by Crippen LogP contribution is -2.33. The van der Waals surface area contributed by atoms with Gasteiger partial charge < -0.3 is 15.5 Å². The molecular formula is C14H16N2O2. The molecule has 94 valence electrons. The second-order valence-electron chi connectivity index (χ2n) is 5.01. The van der Waals surface area contributed by atoms with Gasteiger partial charge in [0.05, 0.1) is 0 Å². The van der Waals surface area contributed by atoms with E-state index in [4.69, 9.17) is 10.2 Å². The molecule has 1 aromatic heterocycles. The Balaban J connectivity index is 1.82. The summed E-state index contributed by atoms with van der Waals surface area (Å²) in [6, 6.07) is 7.31. The number of furan rings is 1. The van der Waals surface area contributed by atoms with Crippen LogP contribution in [0, 0.1) is 5.92 Å². The van der Waals surface area contributed by atoms with Gasteiger partial charge in [-0.15, -0.1) is 0 Å². The number of amides is 1. The molecule has 1 aliphatic rings. The molecule has 1 aliphatic carbocycles. The molecule has 18 heavy (non-hydrogen) atoms. The Morgan fingerprint density at radius 1 is 1.44 bits per heavy atom. The second-order valence-corrected chi connectivity index (χ2v) is 5.01. The van der Waals surface area contributed by atoms with Crippen molar-refractivity contribution in [2.24, 2.45) is 5.92 Å². The van der Waals surface area contributed by atoms with E-state index in [0.29, 0.717) is 22.9 Å². The molecule has 3 N–H and O–H groups in total. The predicted molar refractivity (Wildman–Crippen MR) is 70.3 cm³/mol. The number of nitrogens with one attached hydrogen (secondary N) is 1. The highest BCUT2D eigenvalue weighted by molar-refractivity contribution is 5.96. The van der Waals surface area contributed by atoms with Crippen LogP contribution in [0.2, 0.25) is 0 Å². The lowest BCUT2D eigenvalue weighted by atomic mass is 10.2. The number of fused-ring (bicyclic) bond motifs is 1. The van der Waals surface area contributed by atoms with Gasteiger partial charge in [0.1, 0.15) is 5.58 Å². The van der Waals surface area contributed by atoms with Gasteiger partial charge in [-0.1, -0.05) is 0 Å². The van der Waals surface area contributed by atoms with E-state index in [1.54, 1.807) is 24.3 Å². The first kappa shape index (κ1) is 11.1. The largest absolute Gasteiger partial charge is 0.451 e. The van der Waals surface area contributed by atoms with Crippen molar-refractivity contribution in [3.05, 3.63) is 30.0 Å². The van der Waals surface area contributed by atoms with E-state index in [1.165, 1.54) is 12.8 Å². The summed E-state index contributed by atoms with van der Waals surface area (Å²) < 4.78 is 5.52. The van der Waals surface area contributed by atoms with E-state index in [0.717, 1.165) is 5.39 Å². The van der Waals surface area contributed by atoms with Crippen LogP contribution in [-0.2, 0) is 0 Å². The molecule has 0 aliphatic heterocycles. The van der Waals surface area contributed by atoms with E-state index in [9.17, 15) is 4.79 Å².